The van der Waals surface area contributed by atoms with E-state index in [1.165, 1.54) is 37.8 Å². The van der Waals surface area contributed by atoms with Gasteiger partial charge < -0.3 is 11.1 Å². The van der Waals surface area contributed by atoms with E-state index in [0.717, 1.165) is 11.6 Å². The maximum Gasteiger partial charge on any atom is 0.126 e. The molecule has 106 valence electrons. The number of halogens is 2. The third-order valence-electron chi connectivity index (χ3n) is 4.10. The average molecular weight is 285 g/mol. The second kappa shape index (κ2) is 6.58. The summed E-state index contributed by atoms with van der Waals surface area (Å²) >= 11 is 5.87. The highest BCUT2D eigenvalue weighted by Crippen LogP contribution is 2.31. The van der Waals surface area contributed by atoms with Gasteiger partial charge in [0, 0.05) is 23.3 Å². The number of nitrogens with two attached hydrogens (primary N) is 1. The fourth-order valence-electron chi connectivity index (χ4n) is 2.91. The zero-order chi connectivity index (χ0) is 13.8. The highest BCUT2D eigenvalue weighted by molar-refractivity contribution is 6.30. The van der Waals surface area contributed by atoms with Crippen molar-refractivity contribution >= 4 is 17.3 Å². The second-order valence-corrected chi connectivity index (χ2v) is 6.10. The number of hydrogen-bond acceptors (Lipinski definition) is 2. The summed E-state index contributed by atoms with van der Waals surface area (Å²) < 4.78 is 13.3. The molecule has 1 fully saturated rings. The summed E-state index contributed by atoms with van der Waals surface area (Å²) in [5.74, 6) is 1.07. The van der Waals surface area contributed by atoms with Crippen LogP contribution in [0.4, 0.5) is 10.1 Å². The van der Waals surface area contributed by atoms with Crippen molar-refractivity contribution < 1.29 is 4.39 Å². The predicted octanol–water partition coefficient (Wildman–Crippen LogP) is 4.04. The molecule has 0 saturated heterocycles. The molecule has 0 spiro atoms. The van der Waals surface area contributed by atoms with Crippen molar-refractivity contribution in [1.82, 2.24) is 0 Å². The van der Waals surface area contributed by atoms with Gasteiger partial charge in [0.25, 0.3) is 0 Å². The minimum Gasteiger partial charge on any atom is -0.381 e. The number of anilines is 1. The van der Waals surface area contributed by atoms with E-state index >= 15 is 0 Å². The first-order chi connectivity index (χ1) is 9.08. The van der Waals surface area contributed by atoms with Gasteiger partial charge in [0.2, 0.25) is 0 Å². The molecular weight excluding hydrogens is 263 g/mol. The minimum absolute atomic E-state index is 0.199. The predicted molar refractivity (Wildman–Crippen MR) is 79.0 cm³/mol. The van der Waals surface area contributed by atoms with E-state index in [4.69, 9.17) is 17.3 Å². The van der Waals surface area contributed by atoms with Gasteiger partial charge in [-0.1, -0.05) is 31.4 Å². The Morgan fingerprint density at radius 2 is 2.00 bits per heavy atom. The molecule has 1 aromatic carbocycles. The van der Waals surface area contributed by atoms with Crippen molar-refractivity contribution in [1.29, 1.82) is 0 Å². The second-order valence-electron chi connectivity index (χ2n) is 5.66. The number of hydrogen-bond donors (Lipinski definition) is 2. The quantitative estimate of drug-likeness (QED) is 0.875. The molecule has 0 bridgehead atoms. The Labute approximate surface area is 119 Å². The van der Waals surface area contributed by atoms with E-state index in [1.54, 1.807) is 6.07 Å². The van der Waals surface area contributed by atoms with Crippen molar-refractivity contribution in [2.24, 2.45) is 17.6 Å². The van der Waals surface area contributed by atoms with Crippen molar-refractivity contribution in [3.05, 3.63) is 29.0 Å². The summed E-state index contributed by atoms with van der Waals surface area (Å²) in [7, 11) is 0. The molecule has 0 heterocycles. The molecule has 1 aliphatic rings. The zero-order valence-electron chi connectivity index (χ0n) is 11.3. The highest BCUT2D eigenvalue weighted by atomic mass is 35.5. The fraction of sp³-hybridized carbons (Fsp3) is 0.600. The van der Waals surface area contributed by atoms with Crippen LogP contribution < -0.4 is 11.1 Å². The Morgan fingerprint density at radius 3 is 2.58 bits per heavy atom. The van der Waals surface area contributed by atoms with Crippen molar-refractivity contribution in [2.45, 2.75) is 38.6 Å². The molecule has 4 heteroatoms. The van der Waals surface area contributed by atoms with Crippen LogP contribution in [0, 0.1) is 17.7 Å². The SMILES string of the molecule is CC1CCC(C(CN)Nc2cc(F)cc(Cl)c2)CC1. The Hall–Kier alpha value is -0.800. The lowest BCUT2D eigenvalue weighted by molar-refractivity contribution is 0.265. The van der Waals surface area contributed by atoms with E-state index in [2.05, 4.69) is 12.2 Å². The molecule has 2 rings (SSSR count). The Bertz CT molecular complexity index is 396. The molecule has 0 aliphatic heterocycles. The third-order valence-corrected chi connectivity index (χ3v) is 4.32. The van der Waals surface area contributed by atoms with Gasteiger partial charge in [-0.25, -0.2) is 4.39 Å². The molecule has 1 saturated carbocycles. The molecule has 1 atom stereocenters. The van der Waals surface area contributed by atoms with Crippen LogP contribution in [0.25, 0.3) is 0 Å². The molecule has 2 nitrogen and oxygen atoms in total. The summed E-state index contributed by atoms with van der Waals surface area (Å²) in [4.78, 5) is 0. The van der Waals surface area contributed by atoms with Gasteiger partial charge >= 0.3 is 0 Å². The topological polar surface area (TPSA) is 38.0 Å². The lowest BCUT2D eigenvalue weighted by Gasteiger charge is -2.33. The summed E-state index contributed by atoms with van der Waals surface area (Å²) in [6.07, 6.45) is 4.90. The summed E-state index contributed by atoms with van der Waals surface area (Å²) in [5.41, 5.74) is 6.59. The first kappa shape index (κ1) is 14.6. The summed E-state index contributed by atoms with van der Waals surface area (Å²) in [6.45, 7) is 2.86. The van der Waals surface area contributed by atoms with Crippen LogP contribution in [0.15, 0.2) is 18.2 Å². The molecule has 19 heavy (non-hydrogen) atoms. The van der Waals surface area contributed by atoms with Crippen molar-refractivity contribution in [3.8, 4) is 0 Å². The van der Waals surface area contributed by atoms with Crippen LogP contribution in [-0.2, 0) is 0 Å². The van der Waals surface area contributed by atoms with Crippen LogP contribution in [0.5, 0.6) is 0 Å². The molecule has 3 N–H and O–H groups in total. The maximum absolute atomic E-state index is 13.3. The Kier molecular flexibility index (Phi) is 5.06. The largest absolute Gasteiger partial charge is 0.381 e. The molecule has 1 aliphatic carbocycles. The van der Waals surface area contributed by atoms with E-state index < -0.39 is 0 Å². The lowest BCUT2D eigenvalue weighted by Crippen LogP contribution is -2.38. The van der Waals surface area contributed by atoms with Crippen LogP contribution in [0.1, 0.15) is 32.6 Å². The number of rotatable bonds is 4. The Balaban J connectivity index is 2.02. The van der Waals surface area contributed by atoms with Gasteiger partial charge in [-0.2, -0.15) is 0 Å². The van der Waals surface area contributed by atoms with Gasteiger partial charge in [0.15, 0.2) is 0 Å². The molecule has 0 amide bonds. The zero-order valence-corrected chi connectivity index (χ0v) is 12.1. The first-order valence-electron chi connectivity index (χ1n) is 7.01. The van der Waals surface area contributed by atoms with E-state index in [0.29, 0.717) is 17.5 Å². The maximum atomic E-state index is 13.3. The molecular formula is C15H22ClFN2. The smallest absolute Gasteiger partial charge is 0.126 e. The minimum atomic E-state index is -0.317. The summed E-state index contributed by atoms with van der Waals surface area (Å²) in [6, 6.07) is 4.73. The van der Waals surface area contributed by atoms with E-state index in [1.807, 2.05) is 0 Å². The van der Waals surface area contributed by atoms with Crippen LogP contribution in [0.2, 0.25) is 5.02 Å². The number of nitrogens with one attached hydrogen (secondary N) is 1. The average Bonchev–Trinajstić information content (AvgIpc) is 2.36. The highest BCUT2D eigenvalue weighted by Gasteiger charge is 2.25. The van der Waals surface area contributed by atoms with Crippen molar-refractivity contribution in [2.75, 3.05) is 11.9 Å². The number of benzene rings is 1. The van der Waals surface area contributed by atoms with Crippen LogP contribution >= 0.6 is 11.6 Å². The molecule has 0 aromatic heterocycles. The van der Waals surface area contributed by atoms with E-state index in [-0.39, 0.29) is 11.9 Å². The lowest BCUT2D eigenvalue weighted by atomic mass is 9.79. The fourth-order valence-corrected chi connectivity index (χ4v) is 3.13. The third kappa shape index (κ3) is 4.08. The van der Waals surface area contributed by atoms with Gasteiger partial charge in [0.05, 0.1) is 0 Å². The molecule has 1 aromatic rings. The van der Waals surface area contributed by atoms with Gasteiger partial charge in [-0.15, -0.1) is 0 Å². The normalized spacial score (nSPS) is 25.1. The van der Waals surface area contributed by atoms with Crippen LogP contribution in [-0.4, -0.2) is 12.6 Å². The van der Waals surface area contributed by atoms with Crippen LogP contribution in [0.3, 0.4) is 0 Å². The van der Waals surface area contributed by atoms with Gasteiger partial charge in [-0.05, 0) is 42.9 Å². The summed E-state index contributed by atoms with van der Waals surface area (Å²) in [5, 5.41) is 3.76. The van der Waals surface area contributed by atoms with Gasteiger partial charge in [0.1, 0.15) is 5.82 Å². The standard InChI is InChI=1S/C15H22ClFN2/c1-10-2-4-11(5-3-10)15(9-18)19-14-7-12(16)6-13(17)8-14/h6-8,10-11,15,19H,2-5,9,18H2,1H3. The van der Waals surface area contributed by atoms with Crippen molar-refractivity contribution in [3.63, 3.8) is 0 Å². The van der Waals surface area contributed by atoms with Gasteiger partial charge in [-0.3, -0.25) is 0 Å². The molecule has 0 radical (unpaired) electrons. The monoisotopic (exact) mass is 284 g/mol. The first-order valence-corrected chi connectivity index (χ1v) is 7.39. The molecule has 1 unspecified atom stereocenters. The van der Waals surface area contributed by atoms with E-state index in [9.17, 15) is 4.39 Å². The Morgan fingerprint density at radius 1 is 1.32 bits per heavy atom.